The van der Waals surface area contributed by atoms with Crippen molar-refractivity contribution in [2.45, 2.75) is 35.7 Å². The minimum absolute atomic E-state index is 0.0522. The topological polar surface area (TPSA) is 40.5 Å². The fourth-order valence-corrected chi connectivity index (χ4v) is 2.96. The number of aliphatic hydroxyl groups is 1. The van der Waals surface area contributed by atoms with Crippen LogP contribution in [0.25, 0.3) is 0 Å². The number of amides is 1. The number of hydrogen-bond donors (Lipinski definition) is 1. The van der Waals surface area contributed by atoms with E-state index in [-0.39, 0.29) is 35.2 Å². The molecule has 1 saturated heterocycles. The molecule has 1 N–H and O–H groups in total. The van der Waals surface area contributed by atoms with Crippen molar-refractivity contribution in [1.29, 1.82) is 0 Å². The standard InChI is InChI=1S/C14H16F3NO2S/c15-14(16,17)21-12-6-4-10(5-7-12)13(20)18-8-2-1-3-11(18)9-19/h4-7,11,19H,1-3,8-9H2. The Hall–Kier alpha value is -1.21. The maximum atomic E-state index is 12.4. The Labute approximate surface area is 125 Å². The molecule has 0 spiro atoms. The predicted molar refractivity (Wildman–Crippen MR) is 74.1 cm³/mol. The van der Waals surface area contributed by atoms with Crippen LogP contribution >= 0.6 is 11.8 Å². The van der Waals surface area contributed by atoms with E-state index in [9.17, 15) is 23.1 Å². The molecule has 0 aromatic heterocycles. The van der Waals surface area contributed by atoms with E-state index in [4.69, 9.17) is 0 Å². The lowest BCUT2D eigenvalue weighted by Crippen LogP contribution is -2.45. The molecule has 1 aliphatic heterocycles. The molecule has 0 saturated carbocycles. The number of carbonyl (C=O) groups excluding carboxylic acids is 1. The average molecular weight is 319 g/mol. The van der Waals surface area contributed by atoms with Crippen LogP contribution in [0.5, 0.6) is 0 Å². The van der Waals surface area contributed by atoms with Crippen molar-refractivity contribution >= 4 is 17.7 Å². The Kier molecular flexibility index (Phi) is 5.16. The highest BCUT2D eigenvalue weighted by Crippen LogP contribution is 2.36. The van der Waals surface area contributed by atoms with Gasteiger partial charge < -0.3 is 10.0 Å². The molecule has 116 valence electrons. The van der Waals surface area contributed by atoms with Crippen molar-refractivity contribution in [2.24, 2.45) is 0 Å². The summed E-state index contributed by atoms with van der Waals surface area (Å²) in [7, 11) is 0. The Morgan fingerprint density at radius 1 is 1.29 bits per heavy atom. The van der Waals surface area contributed by atoms with Gasteiger partial charge in [0.25, 0.3) is 5.91 Å². The van der Waals surface area contributed by atoms with E-state index in [2.05, 4.69) is 0 Å². The maximum Gasteiger partial charge on any atom is 0.446 e. The van der Waals surface area contributed by atoms with Crippen LogP contribution in [0, 0.1) is 0 Å². The number of benzene rings is 1. The molecule has 1 heterocycles. The van der Waals surface area contributed by atoms with Gasteiger partial charge in [-0.2, -0.15) is 13.2 Å². The molecule has 1 amide bonds. The summed E-state index contributed by atoms with van der Waals surface area (Å²) in [6.45, 7) is 0.483. The molecule has 7 heteroatoms. The van der Waals surface area contributed by atoms with Crippen LogP contribution in [0.3, 0.4) is 0 Å². The lowest BCUT2D eigenvalue weighted by molar-refractivity contribution is -0.0328. The van der Waals surface area contributed by atoms with Crippen LogP contribution in [0.2, 0.25) is 0 Å². The number of piperidine rings is 1. The number of rotatable bonds is 3. The molecule has 1 aromatic rings. The number of hydrogen-bond acceptors (Lipinski definition) is 3. The number of halogens is 3. The summed E-state index contributed by atoms with van der Waals surface area (Å²) >= 11 is -0.203. The quantitative estimate of drug-likeness (QED) is 0.869. The Balaban J connectivity index is 2.08. The highest BCUT2D eigenvalue weighted by Gasteiger charge is 2.30. The molecule has 1 aromatic carbocycles. The molecule has 0 radical (unpaired) electrons. The Morgan fingerprint density at radius 2 is 1.95 bits per heavy atom. The maximum absolute atomic E-state index is 12.4. The van der Waals surface area contributed by atoms with Gasteiger partial charge in [-0.25, -0.2) is 0 Å². The van der Waals surface area contributed by atoms with Gasteiger partial charge in [0.05, 0.1) is 12.6 Å². The SMILES string of the molecule is O=C(c1ccc(SC(F)(F)F)cc1)N1CCCCC1CO. The predicted octanol–water partition coefficient (Wildman–Crippen LogP) is 3.29. The van der Waals surface area contributed by atoms with E-state index in [0.717, 1.165) is 19.3 Å². The minimum atomic E-state index is -4.33. The molecule has 21 heavy (non-hydrogen) atoms. The number of aliphatic hydroxyl groups excluding tert-OH is 1. The molecule has 1 unspecified atom stereocenters. The Morgan fingerprint density at radius 3 is 2.52 bits per heavy atom. The zero-order valence-corrected chi connectivity index (χ0v) is 12.1. The summed E-state index contributed by atoms with van der Waals surface area (Å²) in [6, 6.07) is 5.20. The summed E-state index contributed by atoms with van der Waals surface area (Å²) in [6.07, 6.45) is 2.60. The van der Waals surface area contributed by atoms with Gasteiger partial charge in [0.2, 0.25) is 0 Å². The summed E-state index contributed by atoms with van der Waals surface area (Å²) in [5.74, 6) is -0.239. The lowest BCUT2D eigenvalue weighted by atomic mass is 10.0. The second-order valence-electron chi connectivity index (χ2n) is 4.90. The molecular weight excluding hydrogens is 303 g/mol. The highest BCUT2D eigenvalue weighted by atomic mass is 32.2. The highest BCUT2D eigenvalue weighted by molar-refractivity contribution is 8.00. The van der Waals surface area contributed by atoms with E-state index in [1.54, 1.807) is 4.90 Å². The van der Waals surface area contributed by atoms with Crippen molar-refractivity contribution in [2.75, 3.05) is 13.2 Å². The van der Waals surface area contributed by atoms with E-state index >= 15 is 0 Å². The van der Waals surface area contributed by atoms with Crippen molar-refractivity contribution in [3.63, 3.8) is 0 Å². The summed E-state index contributed by atoms with van der Waals surface area (Å²) in [4.78, 5) is 14.0. The van der Waals surface area contributed by atoms with Crippen molar-refractivity contribution < 1.29 is 23.1 Å². The average Bonchev–Trinajstić information content (AvgIpc) is 2.45. The number of nitrogens with zero attached hydrogens (tertiary/aromatic N) is 1. The minimum Gasteiger partial charge on any atom is -0.394 e. The van der Waals surface area contributed by atoms with E-state index in [0.29, 0.717) is 12.1 Å². The van der Waals surface area contributed by atoms with Gasteiger partial charge in [0, 0.05) is 17.0 Å². The van der Waals surface area contributed by atoms with Crippen LogP contribution in [-0.2, 0) is 0 Å². The monoisotopic (exact) mass is 319 g/mol. The first-order valence-corrected chi connectivity index (χ1v) is 7.50. The van der Waals surface area contributed by atoms with Crippen molar-refractivity contribution in [3.05, 3.63) is 29.8 Å². The summed E-state index contributed by atoms with van der Waals surface area (Å²) < 4.78 is 36.7. The van der Waals surface area contributed by atoms with Crippen LogP contribution < -0.4 is 0 Å². The van der Waals surface area contributed by atoms with Gasteiger partial charge in [0.15, 0.2) is 0 Å². The number of alkyl halides is 3. The molecule has 0 bridgehead atoms. The number of carbonyl (C=O) groups is 1. The molecule has 1 aliphatic rings. The molecule has 2 rings (SSSR count). The molecule has 3 nitrogen and oxygen atoms in total. The fraction of sp³-hybridized carbons (Fsp3) is 0.500. The normalized spacial score (nSPS) is 19.6. The summed E-state index contributed by atoms with van der Waals surface area (Å²) in [5.41, 5.74) is -3.98. The van der Waals surface area contributed by atoms with E-state index in [1.165, 1.54) is 24.3 Å². The van der Waals surface area contributed by atoms with Crippen molar-refractivity contribution in [1.82, 2.24) is 4.90 Å². The van der Waals surface area contributed by atoms with Gasteiger partial charge >= 0.3 is 5.51 Å². The van der Waals surface area contributed by atoms with E-state index < -0.39 is 5.51 Å². The van der Waals surface area contributed by atoms with Crippen LogP contribution in [-0.4, -0.2) is 40.6 Å². The largest absolute Gasteiger partial charge is 0.446 e. The first-order valence-electron chi connectivity index (χ1n) is 6.68. The third-order valence-electron chi connectivity index (χ3n) is 3.43. The lowest BCUT2D eigenvalue weighted by Gasteiger charge is -2.34. The second-order valence-corrected chi connectivity index (χ2v) is 6.04. The number of likely N-dealkylation sites (tertiary alicyclic amines) is 1. The molecule has 1 atom stereocenters. The first kappa shape index (κ1) is 16.2. The third kappa shape index (κ3) is 4.38. The van der Waals surface area contributed by atoms with Gasteiger partial charge in [-0.3, -0.25) is 4.79 Å². The molecule has 0 aliphatic carbocycles. The van der Waals surface area contributed by atoms with Crippen LogP contribution in [0.15, 0.2) is 29.2 Å². The van der Waals surface area contributed by atoms with E-state index in [1.807, 2.05) is 0 Å². The second kappa shape index (κ2) is 6.70. The van der Waals surface area contributed by atoms with Crippen molar-refractivity contribution in [3.8, 4) is 0 Å². The van der Waals surface area contributed by atoms with Gasteiger partial charge in [0.1, 0.15) is 0 Å². The smallest absolute Gasteiger partial charge is 0.394 e. The zero-order chi connectivity index (χ0) is 15.5. The number of thioether (sulfide) groups is 1. The molecule has 1 fully saturated rings. The van der Waals surface area contributed by atoms with Crippen LogP contribution in [0.1, 0.15) is 29.6 Å². The molecular formula is C14H16F3NO2S. The van der Waals surface area contributed by atoms with Gasteiger partial charge in [-0.15, -0.1) is 0 Å². The third-order valence-corrected chi connectivity index (χ3v) is 4.17. The van der Waals surface area contributed by atoms with Gasteiger partial charge in [-0.05, 0) is 55.3 Å². The fourth-order valence-electron chi connectivity index (χ4n) is 2.42. The Bertz CT molecular complexity index is 490. The van der Waals surface area contributed by atoms with Gasteiger partial charge in [-0.1, -0.05) is 0 Å². The first-order chi connectivity index (χ1) is 9.90. The van der Waals surface area contributed by atoms with Crippen LogP contribution in [0.4, 0.5) is 13.2 Å². The summed E-state index contributed by atoms with van der Waals surface area (Å²) in [5, 5.41) is 9.31. The zero-order valence-electron chi connectivity index (χ0n) is 11.3.